The molecule has 0 spiro atoms. The molecule has 0 aliphatic rings. The monoisotopic (exact) mass is 326 g/mol. The Hall–Kier alpha value is -0.850. The number of aryl methyl sites for hydroxylation is 1. The molecular formula is C15H22N2O2S2. The van der Waals surface area contributed by atoms with E-state index < -0.39 is 0 Å². The largest absolute Gasteiger partial charge is 0.384 e. The fraction of sp³-hybridized carbons (Fsp3) is 0.600. The van der Waals surface area contributed by atoms with Crippen LogP contribution in [-0.4, -0.2) is 29.4 Å². The molecule has 2 heterocycles. The number of ether oxygens (including phenoxy) is 1. The molecule has 0 saturated heterocycles. The van der Waals surface area contributed by atoms with Crippen LogP contribution in [0.3, 0.4) is 0 Å². The van der Waals surface area contributed by atoms with Crippen LogP contribution >= 0.6 is 23.1 Å². The maximum Gasteiger partial charge on any atom is 0.260 e. The third kappa shape index (κ3) is 3.87. The van der Waals surface area contributed by atoms with E-state index in [1.54, 1.807) is 18.4 Å². The summed E-state index contributed by atoms with van der Waals surface area (Å²) in [4.78, 5) is 22.0. The molecule has 0 radical (unpaired) electrons. The normalized spacial score (nSPS) is 13.0. The number of nitrogens with one attached hydrogen (secondary N) is 1. The zero-order valence-electron chi connectivity index (χ0n) is 13.0. The summed E-state index contributed by atoms with van der Waals surface area (Å²) >= 11 is 3.15. The molecule has 1 unspecified atom stereocenters. The van der Waals surface area contributed by atoms with Gasteiger partial charge in [-0.3, -0.25) is 4.79 Å². The van der Waals surface area contributed by atoms with Crippen LogP contribution in [-0.2, 0) is 11.2 Å². The van der Waals surface area contributed by atoms with Crippen molar-refractivity contribution in [2.45, 2.75) is 38.8 Å². The van der Waals surface area contributed by atoms with Crippen molar-refractivity contribution in [1.29, 1.82) is 0 Å². The van der Waals surface area contributed by atoms with Crippen LogP contribution in [0.15, 0.2) is 9.95 Å². The Labute approximate surface area is 133 Å². The van der Waals surface area contributed by atoms with E-state index >= 15 is 0 Å². The van der Waals surface area contributed by atoms with Crippen LogP contribution in [0.25, 0.3) is 10.2 Å². The van der Waals surface area contributed by atoms with Gasteiger partial charge in [0.1, 0.15) is 4.83 Å². The second-order valence-electron chi connectivity index (χ2n) is 5.25. The van der Waals surface area contributed by atoms with Crippen LogP contribution < -0.4 is 5.56 Å². The maximum atomic E-state index is 12.4. The van der Waals surface area contributed by atoms with Crippen LogP contribution in [0.1, 0.15) is 30.7 Å². The highest BCUT2D eigenvalue weighted by atomic mass is 32.2. The van der Waals surface area contributed by atoms with Crippen molar-refractivity contribution in [3.05, 3.63) is 20.8 Å². The molecule has 0 bridgehead atoms. The van der Waals surface area contributed by atoms with E-state index in [4.69, 9.17) is 4.74 Å². The van der Waals surface area contributed by atoms with E-state index in [9.17, 15) is 4.79 Å². The third-order valence-corrected chi connectivity index (χ3v) is 5.50. The molecule has 1 atom stereocenters. The van der Waals surface area contributed by atoms with E-state index in [2.05, 4.69) is 30.7 Å². The van der Waals surface area contributed by atoms with Gasteiger partial charge in [0.05, 0.1) is 12.0 Å². The molecule has 6 heteroatoms. The van der Waals surface area contributed by atoms with Gasteiger partial charge < -0.3 is 9.72 Å². The van der Waals surface area contributed by atoms with E-state index in [0.29, 0.717) is 17.7 Å². The van der Waals surface area contributed by atoms with Crippen molar-refractivity contribution >= 4 is 33.3 Å². The Morgan fingerprint density at radius 3 is 2.90 bits per heavy atom. The summed E-state index contributed by atoms with van der Waals surface area (Å²) in [6.07, 6.45) is 2.07. The highest BCUT2D eigenvalue weighted by Crippen LogP contribution is 2.30. The average Bonchev–Trinajstić information content (AvgIpc) is 2.75. The number of aromatic amines is 1. The van der Waals surface area contributed by atoms with Gasteiger partial charge in [0.15, 0.2) is 5.16 Å². The quantitative estimate of drug-likeness (QED) is 0.480. The first-order valence-corrected chi connectivity index (χ1v) is 9.01. The fourth-order valence-electron chi connectivity index (χ4n) is 2.18. The number of hydrogen-bond donors (Lipinski definition) is 1. The zero-order chi connectivity index (χ0) is 15.4. The summed E-state index contributed by atoms with van der Waals surface area (Å²) in [5, 5.41) is 1.47. The summed E-state index contributed by atoms with van der Waals surface area (Å²) < 4.78 is 5.02. The molecule has 0 aromatic carbocycles. The van der Waals surface area contributed by atoms with Gasteiger partial charge in [-0.1, -0.05) is 32.0 Å². The first kappa shape index (κ1) is 16.5. The molecule has 0 amide bonds. The van der Waals surface area contributed by atoms with E-state index in [-0.39, 0.29) is 5.56 Å². The Balaban J connectivity index is 2.36. The number of nitrogens with zero attached hydrogens (tertiary/aromatic N) is 1. The highest BCUT2D eigenvalue weighted by Gasteiger charge is 2.16. The van der Waals surface area contributed by atoms with Crippen molar-refractivity contribution in [3.63, 3.8) is 0 Å². The topological polar surface area (TPSA) is 55.0 Å². The molecular weight excluding hydrogens is 304 g/mol. The summed E-state index contributed by atoms with van der Waals surface area (Å²) in [7, 11) is 1.67. The fourth-order valence-corrected chi connectivity index (χ4v) is 4.06. The van der Waals surface area contributed by atoms with Crippen LogP contribution in [0.2, 0.25) is 0 Å². The van der Waals surface area contributed by atoms with Crippen molar-refractivity contribution in [3.8, 4) is 0 Å². The van der Waals surface area contributed by atoms with Gasteiger partial charge in [-0.25, -0.2) is 4.98 Å². The highest BCUT2D eigenvalue weighted by molar-refractivity contribution is 7.99. The van der Waals surface area contributed by atoms with E-state index in [1.165, 1.54) is 22.2 Å². The molecule has 1 N–H and O–H groups in total. The molecule has 0 aliphatic carbocycles. The van der Waals surface area contributed by atoms with Gasteiger partial charge in [-0.2, -0.15) is 0 Å². The van der Waals surface area contributed by atoms with Crippen molar-refractivity contribution < 1.29 is 4.74 Å². The third-order valence-electron chi connectivity index (χ3n) is 3.62. The minimum atomic E-state index is -0.0115. The summed E-state index contributed by atoms with van der Waals surface area (Å²) in [6, 6.07) is 0. The molecule has 21 heavy (non-hydrogen) atoms. The molecule has 0 aliphatic heterocycles. The summed E-state index contributed by atoms with van der Waals surface area (Å²) in [5.41, 5.74) is 1.16. The molecule has 2 aromatic rings. The number of rotatable bonds is 7. The smallest absolute Gasteiger partial charge is 0.260 e. The maximum absolute atomic E-state index is 12.4. The molecule has 116 valence electrons. The molecule has 0 saturated carbocycles. The lowest BCUT2D eigenvalue weighted by Gasteiger charge is -2.08. The summed E-state index contributed by atoms with van der Waals surface area (Å²) in [6.45, 7) is 7.14. The minimum Gasteiger partial charge on any atom is -0.384 e. The Bertz CT molecular complexity index is 663. The average molecular weight is 326 g/mol. The number of H-pyrrole nitrogens is 1. The summed E-state index contributed by atoms with van der Waals surface area (Å²) in [5.74, 6) is 1.37. The Kier molecular flexibility index (Phi) is 5.84. The van der Waals surface area contributed by atoms with Gasteiger partial charge in [0.2, 0.25) is 0 Å². The van der Waals surface area contributed by atoms with Gasteiger partial charge in [-0.05, 0) is 24.8 Å². The predicted octanol–water partition coefficient (Wildman–Crippen LogP) is 3.62. The van der Waals surface area contributed by atoms with E-state index in [1.807, 2.05) is 0 Å². The second kappa shape index (κ2) is 7.42. The Morgan fingerprint density at radius 1 is 1.48 bits per heavy atom. The number of thioether (sulfide) groups is 1. The Morgan fingerprint density at radius 2 is 2.24 bits per heavy atom. The second-order valence-corrected chi connectivity index (χ2v) is 7.53. The molecule has 2 rings (SSSR count). The van der Waals surface area contributed by atoms with Crippen LogP contribution in [0, 0.1) is 12.8 Å². The lowest BCUT2D eigenvalue weighted by Crippen LogP contribution is -2.11. The number of hydrogen-bond acceptors (Lipinski definition) is 5. The number of methoxy groups -OCH3 is 1. The van der Waals surface area contributed by atoms with Gasteiger partial charge in [-0.15, -0.1) is 11.3 Å². The lowest BCUT2D eigenvalue weighted by atomic mass is 9.98. The van der Waals surface area contributed by atoms with Gasteiger partial charge >= 0.3 is 0 Å². The molecule has 2 aromatic heterocycles. The lowest BCUT2D eigenvalue weighted by molar-refractivity contribution is 0.218. The van der Waals surface area contributed by atoms with Crippen molar-refractivity contribution in [2.24, 2.45) is 5.92 Å². The van der Waals surface area contributed by atoms with Crippen LogP contribution in [0.4, 0.5) is 0 Å². The predicted molar refractivity (Wildman–Crippen MR) is 90.7 cm³/mol. The first-order valence-electron chi connectivity index (χ1n) is 7.20. The number of thiophene rings is 1. The molecule has 0 fully saturated rings. The van der Waals surface area contributed by atoms with Gasteiger partial charge in [0, 0.05) is 17.7 Å². The number of aromatic nitrogens is 2. The van der Waals surface area contributed by atoms with Gasteiger partial charge in [0.25, 0.3) is 5.56 Å². The van der Waals surface area contributed by atoms with Crippen molar-refractivity contribution in [1.82, 2.24) is 9.97 Å². The molecule has 4 nitrogen and oxygen atoms in total. The number of fused-ring (bicyclic) bond motifs is 1. The van der Waals surface area contributed by atoms with Crippen LogP contribution in [0.5, 0.6) is 0 Å². The zero-order valence-corrected chi connectivity index (χ0v) is 14.6. The van der Waals surface area contributed by atoms with Crippen molar-refractivity contribution in [2.75, 3.05) is 19.5 Å². The minimum absolute atomic E-state index is 0.0115. The standard InChI is InChI=1S/C15H22N2O2S2/c1-5-9(2)8-11-10(3)21-14-12(11)13(18)16-15(17-14)20-7-6-19-4/h9H,5-8H2,1-4H3,(H,16,17,18). The van der Waals surface area contributed by atoms with E-state index in [0.717, 1.165) is 28.8 Å². The first-order chi connectivity index (χ1) is 10.1. The SMILES string of the molecule is CCC(C)Cc1c(C)sc2nc(SCCOC)[nH]c(=O)c12.